The molecule has 1 unspecified atom stereocenters. The number of carbonyl (C=O) groups is 4. The van der Waals surface area contributed by atoms with Crippen molar-refractivity contribution in [1.82, 2.24) is 29.0 Å². The number of pyridine rings is 2. The third kappa shape index (κ3) is 8.41. The van der Waals surface area contributed by atoms with Gasteiger partial charge in [-0.15, -0.1) is 0 Å². The number of fused-ring (bicyclic) bond motifs is 2. The number of hydrogen-bond acceptors (Lipinski definition) is 12. The highest BCUT2D eigenvalue weighted by atomic mass is 32.2. The fraction of sp³-hybridized carbons (Fsp3) is 0.476. The van der Waals surface area contributed by atoms with E-state index in [2.05, 4.69) is 20.5 Å². The zero-order chi connectivity index (χ0) is 41.4. The van der Waals surface area contributed by atoms with Crippen LogP contribution in [0.5, 0.6) is 5.75 Å². The molecule has 4 aliphatic rings. The number of hydrogen-bond donors (Lipinski definition) is 2. The molecule has 3 aliphatic heterocycles. The number of anilines is 1. The number of benzene rings is 1. The van der Waals surface area contributed by atoms with Gasteiger partial charge in [0.2, 0.25) is 21.8 Å². The lowest BCUT2D eigenvalue weighted by molar-refractivity contribution is -0.136. The molecule has 1 saturated carbocycles. The van der Waals surface area contributed by atoms with Crippen LogP contribution in [0.1, 0.15) is 84.8 Å². The first kappa shape index (κ1) is 40.4. The van der Waals surface area contributed by atoms with Gasteiger partial charge in [0.15, 0.2) is 0 Å². The molecule has 59 heavy (non-hydrogen) atoms. The van der Waals surface area contributed by atoms with E-state index in [1.807, 2.05) is 13.0 Å². The largest absolute Gasteiger partial charge is 0.491 e. The van der Waals surface area contributed by atoms with Crippen LogP contribution in [-0.2, 0) is 33.2 Å². The monoisotopic (exact) mass is 827 g/mol. The zero-order valence-electron chi connectivity index (χ0n) is 33.3. The molecule has 4 aromatic rings. The number of piperazine rings is 1. The van der Waals surface area contributed by atoms with E-state index in [1.54, 1.807) is 58.8 Å². The molecule has 2 N–H and O–H groups in total. The number of nitrogens with zero attached hydrogens (tertiary/aromatic N) is 5. The van der Waals surface area contributed by atoms with E-state index >= 15 is 0 Å². The molecular formula is C42H49N7O9S. The summed E-state index contributed by atoms with van der Waals surface area (Å²) in [4.78, 5) is 71.1. The first-order valence-electron chi connectivity index (χ1n) is 20.4. The van der Waals surface area contributed by atoms with Crippen LogP contribution in [0.25, 0.3) is 22.1 Å². The smallest absolute Gasteiger partial charge is 0.264 e. The fourth-order valence-corrected chi connectivity index (χ4v) is 9.84. The molecule has 0 radical (unpaired) electrons. The van der Waals surface area contributed by atoms with Gasteiger partial charge in [-0.3, -0.25) is 44.1 Å². The quantitative estimate of drug-likeness (QED) is 0.123. The van der Waals surface area contributed by atoms with E-state index in [-0.39, 0.29) is 41.3 Å². The van der Waals surface area contributed by atoms with Crippen molar-refractivity contribution in [3.63, 3.8) is 0 Å². The lowest BCUT2D eigenvalue weighted by Crippen LogP contribution is -2.54. The molecule has 3 fully saturated rings. The normalized spacial score (nSPS) is 20.3. The summed E-state index contributed by atoms with van der Waals surface area (Å²) >= 11 is 0. The maximum absolute atomic E-state index is 13.4. The summed E-state index contributed by atoms with van der Waals surface area (Å²) < 4.78 is 42.4. The fourth-order valence-electron chi connectivity index (χ4n) is 8.21. The molecule has 1 aromatic carbocycles. The van der Waals surface area contributed by atoms with E-state index in [9.17, 15) is 32.4 Å². The van der Waals surface area contributed by atoms with Crippen molar-refractivity contribution in [3.05, 3.63) is 76.2 Å². The van der Waals surface area contributed by atoms with Crippen molar-refractivity contribution < 1.29 is 36.7 Å². The van der Waals surface area contributed by atoms with Crippen LogP contribution in [-0.4, -0.2) is 106 Å². The topological polar surface area (TPSA) is 193 Å². The summed E-state index contributed by atoms with van der Waals surface area (Å²) in [5, 5.41) is 5.92. The molecule has 2 atom stereocenters. The number of piperidine rings is 1. The van der Waals surface area contributed by atoms with E-state index in [0.29, 0.717) is 92.7 Å². The number of nitrogens with one attached hydrogen (secondary N) is 2. The van der Waals surface area contributed by atoms with Gasteiger partial charge in [0, 0.05) is 74.9 Å². The number of sulfonamides is 1. The molecule has 0 spiro atoms. The molecule has 16 nitrogen and oxygen atoms in total. The van der Waals surface area contributed by atoms with Gasteiger partial charge < -0.3 is 19.0 Å². The van der Waals surface area contributed by atoms with Crippen LogP contribution in [0, 0.1) is 5.92 Å². The second-order valence-corrected chi connectivity index (χ2v) is 18.1. The Bertz CT molecular complexity index is 2480. The van der Waals surface area contributed by atoms with Crippen molar-refractivity contribution in [3.8, 4) is 16.9 Å². The van der Waals surface area contributed by atoms with Gasteiger partial charge in [0.1, 0.15) is 23.1 Å². The van der Waals surface area contributed by atoms with Gasteiger partial charge in [-0.25, -0.2) is 8.42 Å². The molecule has 0 bridgehead atoms. The third-order valence-electron chi connectivity index (χ3n) is 11.7. The average Bonchev–Trinajstić information content (AvgIpc) is 3.90. The molecule has 312 valence electrons. The minimum absolute atomic E-state index is 0.0448. The van der Waals surface area contributed by atoms with Gasteiger partial charge in [0.25, 0.3) is 17.4 Å². The van der Waals surface area contributed by atoms with E-state index < -0.39 is 39.7 Å². The van der Waals surface area contributed by atoms with Crippen LogP contribution in [0.4, 0.5) is 5.69 Å². The molecule has 3 aromatic heterocycles. The van der Waals surface area contributed by atoms with Crippen molar-refractivity contribution >= 4 is 50.3 Å². The number of aryl methyl sites for hydroxylation is 1. The van der Waals surface area contributed by atoms with Gasteiger partial charge in [-0.05, 0) is 69.2 Å². The Labute approximate surface area is 341 Å². The highest BCUT2D eigenvalue weighted by molar-refractivity contribution is 7.89. The maximum Gasteiger partial charge on any atom is 0.264 e. The second kappa shape index (κ2) is 16.7. The lowest BCUT2D eigenvalue weighted by atomic mass is 10.0. The van der Waals surface area contributed by atoms with E-state index in [4.69, 9.17) is 9.15 Å². The molecule has 2 saturated heterocycles. The number of amides is 4. The van der Waals surface area contributed by atoms with Crippen molar-refractivity contribution in [2.24, 2.45) is 13.0 Å². The van der Waals surface area contributed by atoms with Crippen molar-refractivity contribution in [2.45, 2.75) is 76.9 Å². The maximum atomic E-state index is 13.4. The highest BCUT2D eigenvalue weighted by Crippen LogP contribution is 2.37. The molecule has 8 rings (SSSR count). The van der Waals surface area contributed by atoms with Crippen LogP contribution in [0.2, 0.25) is 0 Å². The second-order valence-electron chi connectivity index (χ2n) is 16.1. The predicted octanol–water partition coefficient (Wildman–Crippen LogP) is 3.89. The summed E-state index contributed by atoms with van der Waals surface area (Å²) in [6.07, 6.45) is 10.3. The minimum atomic E-state index is -3.48. The molecule has 6 heterocycles. The summed E-state index contributed by atoms with van der Waals surface area (Å²) in [7, 11) is -1.76. The van der Waals surface area contributed by atoms with Gasteiger partial charge in [-0.2, -0.15) is 4.31 Å². The van der Waals surface area contributed by atoms with Crippen LogP contribution >= 0.6 is 0 Å². The Balaban J connectivity index is 0.809. The first-order valence-corrected chi connectivity index (χ1v) is 22.0. The third-order valence-corrected chi connectivity index (χ3v) is 13.7. The predicted molar refractivity (Wildman–Crippen MR) is 218 cm³/mol. The molecule has 4 amide bonds. The van der Waals surface area contributed by atoms with Crippen LogP contribution in [0.3, 0.4) is 0 Å². The highest BCUT2D eigenvalue weighted by Gasteiger charge is 2.45. The Kier molecular flexibility index (Phi) is 11.4. The number of aromatic nitrogens is 2. The Hall–Kier alpha value is -5.39. The van der Waals surface area contributed by atoms with Crippen molar-refractivity contribution in [1.29, 1.82) is 0 Å². The first-order chi connectivity index (χ1) is 28.4. The SMILES string of the molecule is C[C@@H]1CN(S(=O)(=O)CCCCCCNc2cccc3c2C(=O)N(C2CCC(=O)NC2=O)C3=O)CCN1Cc1cc2c(=O)n(C)cc(-c3ccncc3OCC3CC3)c2o1. The molecule has 17 heteroatoms. The summed E-state index contributed by atoms with van der Waals surface area (Å²) in [5.41, 5.74) is 2.80. The number of carbonyl (C=O) groups excluding carboxylic acids is 4. The zero-order valence-corrected chi connectivity index (χ0v) is 34.1. The number of imide groups is 2. The van der Waals surface area contributed by atoms with E-state index in [1.165, 1.54) is 0 Å². The number of rotatable bonds is 16. The number of ether oxygens (including phenoxy) is 1. The van der Waals surface area contributed by atoms with Crippen molar-refractivity contribution in [2.75, 3.05) is 43.9 Å². The van der Waals surface area contributed by atoms with Gasteiger partial charge in [-0.1, -0.05) is 18.9 Å². The summed E-state index contributed by atoms with van der Waals surface area (Å²) in [6, 6.07) is 7.50. The molecular weight excluding hydrogens is 779 g/mol. The van der Waals surface area contributed by atoms with Gasteiger partial charge >= 0.3 is 0 Å². The Morgan fingerprint density at radius 3 is 2.56 bits per heavy atom. The van der Waals surface area contributed by atoms with Crippen LogP contribution in [0.15, 0.2) is 58.1 Å². The summed E-state index contributed by atoms with van der Waals surface area (Å²) in [6.45, 7) is 4.77. The van der Waals surface area contributed by atoms with Gasteiger partial charge in [0.05, 0.1) is 41.6 Å². The Morgan fingerprint density at radius 1 is 0.966 bits per heavy atom. The van der Waals surface area contributed by atoms with Crippen LogP contribution < -0.4 is 20.9 Å². The average molecular weight is 828 g/mol. The number of unbranched alkanes of at least 4 members (excludes halogenated alkanes) is 3. The Morgan fingerprint density at radius 2 is 1.78 bits per heavy atom. The standard InChI is InChI=1S/C42H49N7O9S/c1-26-22-48(18-17-47(26)23-28-20-31-38(58-28)32(24-46(2)40(31)52)29-14-16-43-21-35(29)57-25-27-10-11-27)59(55,56)19-6-4-3-5-15-44-33-9-7-8-30-37(33)42(54)49(41(30)53)34-12-13-36(50)45-39(34)51/h7-9,14,16,20-21,24,26-27,34,44H,3-6,10-13,15,17-19,22-23,25H2,1-2H3,(H,45,50,51)/t26-,34?/m1/s1. The summed E-state index contributed by atoms with van der Waals surface area (Å²) in [5.74, 6) is -0.322. The minimum Gasteiger partial charge on any atom is -0.491 e. The van der Waals surface area contributed by atoms with E-state index in [0.717, 1.165) is 35.3 Å². The number of furan rings is 1. The molecule has 1 aliphatic carbocycles. The lowest BCUT2D eigenvalue weighted by Gasteiger charge is -2.38.